The van der Waals surface area contributed by atoms with Crippen LogP contribution >= 0.6 is 11.6 Å². The van der Waals surface area contributed by atoms with Gasteiger partial charge in [-0.2, -0.15) is 0 Å². The number of hydrogen-bond acceptors (Lipinski definition) is 5. The number of carbonyl (C=O) groups excluding carboxylic acids is 1. The number of aromatic amines is 1. The zero-order valence-corrected chi connectivity index (χ0v) is 22.0. The highest BCUT2D eigenvalue weighted by Gasteiger charge is 2.28. The van der Waals surface area contributed by atoms with Crippen molar-refractivity contribution in [1.29, 1.82) is 0 Å². The number of aromatic nitrogens is 1. The van der Waals surface area contributed by atoms with Gasteiger partial charge in [0.15, 0.2) is 0 Å². The maximum Gasteiger partial charge on any atom is 0.341 e. The Morgan fingerprint density at radius 3 is 2.46 bits per heavy atom. The number of halogens is 1. The molecule has 3 aromatic rings. The molecule has 1 aliphatic rings. The van der Waals surface area contributed by atoms with Crippen LogP contribution < -0.4 is 9.46 Å². The van der Waals surface area contributed by atoms with Crippen LogP contribution in [0.15, 0.2) is 41.3 Å². The van der Waals surface area contributed by atoms with Crippen LogP contribution in [0.1, 0.15) is 63.2 Å². The van der Waals surface area contributed by atoms with E-state index in [1.165, 1.54) is 12.1 Å². The molecule has 1 fully saturated rings. The van der Waals surface area contributed by atoms with E-state index in [0.717, 1.165) is 32.1 Å². The zero-order valence-electron chi connectivity index (χ0n) is 20.4. The quantitative estimate of drug-likeness (QED) is 0.386. The maximum absolute atomic E-state index is 13.3. The molecular formula is C26H31ClN2O5S. The first-order valence-electron chi connectivity index (χ1n) is 11.7. The number of ether oxygens (including phenoxy) is 2. The van der Waals surface area contributed by atoms with Gasteiger partial charge < -0.3 is 14.5 Å². The minimum absolute atomic E-state index is 0.0198. The Hall–Kier alpha value is -2.55. The third-order valence-electron chi connectivity index (χ3n) is 6.05. The van der Waals surface area contributed by atoms with Gasteiger partial charge >= 0.3 is 5.97 Å². The summed E-state index contributed by atoms with van der Waals surface area (Å²) in [4.78, 5) is 16.5. The molecular weight excluding hydrogens is 488 g/mol. The fourth-order valence-corrected chi connectivity index (χ4v) is 6.25. The SMILES string of the molecule is COc1ccc2[nH]c(-c3ccc(Cl)c(S(=O)(=O)NC4CCCCC4)c3)c(C(=O)OC(C)(C)C)c2c1. The number of nitrogens with one attached hydrogen (secondary N) is 2. The van der Waals surface area contributed by atoms with Gasteiger partial charge in [0.2, 0.25) is 10.0 Å². The van der Waals surface area contributed by atoms with E-state index >= 15 is 0 Å². The smallest absolute Gasteiger partial charge is 0.341 e. The van der Waals surface area contributed by atoms with E-state index in [1.54, 1.807) is 46.1 Å². The molecule has 1 heterocycles. The third kappa shape index (κ3) is 5.66. The van der Waals surface area contributed by atoms with Crippen LogP contribution in [0.3, 0.4) is 0 Å². The molecule has 0 unspecified atom stereocenters. The molecule has 1 saturated carbocycles. The lowest BCUT2D eigenvalue weighted by Crippen LogP contribution is -2.36. The number of methoxy groups -OCH3 is 1. The summed E-state index contributed by atoms with van der Waals surface area (Å²) in [6.07, 6.45) is 4.73. The number of rotatable bonds is 6. The number of fused-ring (bicyclic) bond motifs is 1. The normalized spacial score (nSPS) is 15.3. The first-order valence-corrected chi connectivity index (χ1v) is 13.6. The minimum atomic E-state index is -3.86. The number of sulfonamides is 1. The average Bonchev–Trinajstić information content (AvgIpc) is 3.17. The molecule has 4 rings (SSSR count). The predicted octanol–water partition coefficient (Wildman–Crippen LogP) is 6.06. The topological polar surface area (TPSA) is 97.5 Å². The Bertz CT molecular complexity index is 1350. The first-order chi connectivity index (χ1) is 16.5. The van der Waals surface area contributed by atoms with E-state index in [0.29, 0.717) is 33.5 Å². The molecule has 35 heavy (non-hydrogen) atoms. The first kappa shape index (κ1) is 25.5. The van der Waals surface area contributed by atoms with Crippen LogP contribution in [-0.2, 0) is 14.8 Å². The van der Waals surface area contributed by atoms with Crippen molar-refractivity contribution in [1.82, 2.24) is 9.71 Å². The predicted molar refractivity (Wildman–Crippen MR) is 138 cm³/mol. The van der Waals surface area contributed by atoms with Gasteiger partial charge in [-0.15, -0.1) is 0 Å². The van der Waals surface area contributed by atoms with Crippen molar-refractivity contribution >= 4 is 38.5 Å². The van der Waals surface area contributed by atoms with Crippen LogP contribution in [0.4, 0.5) is 0 Å². The molecule has 1 aliphatic carbocycles. The van der Waals surface area contributed by atoms with E-state index in [2.05, 4.69) is 9.71 Å². The summed E-state index contributed by atoms with van der Waals surface area (Å²) < 4.78 is 40.4. The number of hydrogen-bond donors (Lipinski definition) is 2. The molecule has 0 spiro atoms. The number of carbonyl (C=O) groups is 1. The molecule has 9 heteroatoms. The summed E-state index contributed by atoms with van der Waals surface area (Å²) >= 11 is 6.36. The Morgan fingerprint density at radius 2 is 1.80 bits per heavy atom. The highest BCUT2D eigenvalue weighted by atomic mass is 35.5. The maximum atomic E-state index is 13.3. The summed E-state index contributed by atoms with van der Waals surface area (Å²) in [7, 11) is -2.30. The minimum Gasteiger partial charge on any atom is -0.497 e. The Balaban J connectivity index is 1.83. The Morgan fingerprint density at radius 1 is 1.09 bits per heavy atom. The van der Waals surface area contributed by atoms with Crippen molar-refractivity contribution in [2.45, 2.75) is 69.4 Å². The van der Waals surface area contributed by atoms with Gasteiger partial charge in [0.05, 0.1) is 23.4 Å². The molecule has 0 amide bonds. The van der Waals surface area contributed by atoms with Crippen LogP contribution in [0.2, 0.25) is 5.02 Å². The van der Waals surface area contributed by atoms with Gasteiger partial charge in [-0.05, 0) is 63.9 Å². The van der Waals surface area contributed by atoms with Gasteiger partial charge in [0, 0.05) is 22.5 Å². The lowest BCUT2D eigenvalue weighted by Gasteiger charge is -2.23. The number of benzene rings is 2. The highest BCUT2D eigenvalue weighted by Crippen LogP contribution is 2.36. The molecule has 0 radical (unpaired) electrons. The second-order valence-corrected chi connectivity index (χ2v) is 12.0. The van der Waals surface area contributed by atoms with Gasteiger partial charge in [-0.25, -0.2) is 17.9 Å². The molecule has 0 bridgehead atoms. The monoisotopic (exact) mass is 518 g/mol. The number of H-pyrrole nitrogens is 1. The second kappa shape index (κ2) is 9.84. The fraction of sp³-hybridized carbons (Fsp3) is 0.423. The third-order valence-corrected chi connectivity index (χ3v) is 8.05. The van der Waals surface area contributed by atoms with Crippen LogP contribution in [0.25, 0.3) is 22.2 Å². The van der Waals surface area contributed by atoms with E-state index in [1.807, 2.05) is 6.07 Å². The van der Waals surface area contributed by atoms with Crippen LogP contribution in [-0.4, -0.2) is 38.1 Å². The summed E-state index contributed by atoms with van der Waals surface area (Å²) in [6, 6.07) is 9.98. The van der Waals surface area contributed by atoms with Crippen molar-refractivity contribution in [2.24, 2.45) is 0 Å². The molecule has 0 aliphatic heterocycles. The largest absolute Gasteiger partial charge is 0.497 e. The molecule has 0 saturated heterocycles. The van der Waals surface area contributed by atoms with Crippen molar-refractivity contribution < 1.29 is 22.7 Å². The fourth-order valence-electron chi connectivity index (χ4n) is 4.42. The van der Waals surface area contributed by atoms with Gasteiger partial charge in [-0.3, -0.25) is 0 Å². The zero-order chi connectivity index (χ0) is 25.4. The lowest BCUT2D eigenvalue weighted by atomic mass is 9.96. The van der Waals surface area contributed by atoms with E-state index in [9.17, 15) is 13.2 Å². The van der Waals surface area contributed by atoms with E-state index in [4.69, 9.17) is 21.1 Å². The molecule has 0 atom stereocenters. The van der Waals surface area contributed by atoms with Crippen LogP contribution in [0.5, 0.6) is 5.75 Å². The molecule has 188 valence electrons. The summed E-state index contributed by atoms with van der Waals surface area (Å²) in [6.45, 7) is 5.39. The summed E-state index contributed by atoms with van der Waals surface area (Å²) in [5, 5.41) is 0.738. The van der Waals surface area contributed by atoms with Gasteiger partial charge in [0.1, 0.15) is 16.2 Å². The second-order valence-electron chi connectivity index (χ2n) is 9.89. The van der Waals surface area contributed by atoms with Crippen molar-refractivity contribution in [3.8, 4) is 17.0 Å². The van der Waals surface area contributed by atoms with Crippen molar-refractivity contribution in [3.05, 3.63) is 47.0 Å². The van der Waals surface area contributed by atoms with Crippen molar-refractivity contribution in [2.75, 3.05) is 7.11 Å². The molecule has 7 nitrogen and oxygen atoms in total. The van der Waals surface area contributed by atoms with Gasteiger partial charge in [0.25, 0.3) is 0 Å². The molecule has 1 aromatic heterocycles. The van der Waals surface area contributed by atoms with Gasteiger partial charge in [-0.1, -0.05) is 36.9 Å². The summed E-state index contributed by atoms with van der Waals surface area (Å²) in [5.74, 6) is 0.0654. The van der Waals surface area contributed by atoms with Crippen molar-refractivity contribution in [3.63, 3.8) is 0 Å². The molecule has 2 aromatic carbocycles. The lowest BCUT2D eigenvalue weighted by molar-refractivity contribution is 0.00728. The standard InChI is InChI=1S/C26H31ClN2O5S/c1-26(2,3)34-25(30)23-19-15-18(33-4)11-13-21(19)28-24(23)16-10-12-20(27)22(14-16)35(31,32)29-17-8-6-5-7-9-17/h10-15,17,28-29H,5-9H2,1-4H3. The highest BCUT2D eigenvalue weighted by molar-refractivity contribution is 7.89. The number of esters is 1. The van der Waals surface area contributed by atoms with E-state index < -0.39 is 21.6 Å². The summed E-state index contributed by atoms with van der Waals surface area (Å²) in [5.41, 5.74) is 1.25. The molecule has 2 N–H and O–H groups in total. The average molecular weight is 519 g/mol. The van der Waals surface area contributed by atoms with E-state index in [-0.39, 0.29) is 16.0 Å². The Kier molecular flexibility index (Phi) is 7.18. The Labute approximate surface area is 211 Å². The van der Waals surface area contributed by atoms with Crippen LogP contribution in [0, 0.1) is 0 Å².